The second kappa shape index (κ2) is 8.43. The number of amides is 2. The normalized spacial score (nSPS) is 16.2. The molecule has 0 unspecified atom stereocenters. The fourth-order valence-corrected chi connectivity index (χ4v) is 3.97. The third kappa shape index (κ3) is 4.38. The van der Waals surface area contributed by atoms with Crippen molar-refractivity contribution < 1.29 is 4.79 Å². The number of carbonyl (C=O) groups excluding carboxylic acids is 1. The van der Waals surface area contributed by atoms with E-state index in [-0.39, 0.29) is 12.1 Å². The van der Waals surface area contributed by atoms with Crippen LogP contribution in [-0.2, 0) is 6.54 Å². The van der Waals surface area contributed by atoms with Crippen LogP contribution in [0, 0.1) is 6.92 Å². The molecular weight excluding hydrogens is 409 g/mol. The monoisotopic (exact) mass is 429 g/mol. The lowest BCUT2D eigenvalue weighted by Gasteiger charge is -2.25. The Kier molecular flexibility index (Phi) is 5.74. The van der Waals surface area contributed by atoms with Crippen LogP contribution in [0.25, 0.3) is 0 Å². The maximum atomic E-state index is 12.9. The number of hydrogen-bond donors (Lipinski definition) is 1. The number of anilines is 1. The molecule has 0 bridgehead atoms. The number of aromatic nitrogens is 3. The summed E-state index contributed by atoms with van der Waals surface area (Å²) in [5.41, 5.74) is 1.78. The van der Waals surface area contributed by atoms with Gasteiger partial charge in [0.1, 0.15) is 5.82 Å². The number of aryl methyl sites for hydroxylation is 1. The van der Waals surface area contributed by atoms with Gasteiger partial charge in [0.25, 0.3) is 0 Å². The minimum Gasteiger partial charge on any atom is -0.314 e. The number of benzene rings is 2. The van der Waals surface area contributed by atoms with Crippen molar-refractivity contribution in [1.82, 2.24) is 19.7 Å². The minimum atomic E-state index is -0.159. The lowest BCUT2D eigenvalue weighted by atomic mass is 10.2. The van der Waals surface area contributed by atoms with Gasteiger partial charge in [-0.15, -0.1) is 10.2 Å². The molecule has 1 aliphatic heterocycles. The molecule has 2 heterocycles. The fraction of sp³-hybridized carbons (Fsp3) is 0.286. The molecule has 1 aromatic heterocycles. The van der Waals surface area contributed by atoms with Crippen molar-refractivity contribution in [3.63, 3.8) is 0 Å². The number of nitrogens with one attached hydrogen (secondary N) is 1. The molecule has 0 radical (unpaired) electrons. The molecule has 150 valence electrons. The highest BCUT2D eigenvalue weighted by Gasteiger charge is 2.34. The fourth-order valence-electron chi connectivity index (χ4n) is 3.65. The summed E-state index contributed by atoms with van der Waals surface area (Å²) in [4.78, 5) is 14.7. The van der Waals surface area contributed by atoms with Gasteiger partial charge in [0.15, 0.2) is 5.82 Å². The topological polar surface area (TPSA) is 63.1 Å². The molecule has 2 aromatic carbocycles. The maximum Gasteiger partial charge on any atom is 0.322 e. The molecule has 29 heavy (non-hydrogen) atoms. The number of hydrogen-bond acceptors (Lipinski definition) is 3. The van der Waals surface area contributed by atoms with Gasteiger partial charge in [0, 0.05) is 22.3 Å². The van der Waals surface area contributed by atoms with Crippen LogP contribution >= 0.6 is 23.2 Å². The molecule has 1 fully saturated rings. The Balaban J connectivity index is 1.55. The number of carbonyl (C=O) groups is 1. The van der Waals surface area contributed by atoms with Crippen LogP contribution in [0.3, 0.4) is 0 Å². The molecular formula is C21H21Cl2N5O. The van der Waals surface area contributed by atoms with E-state index < -0.39 is 0 Å². The van der Waals surface area contributed by atoms with Gasteiger partial charge in [-0.1, -0.05) is 41.4 Å². The van der Waals surface area contributed by atoms with Crippen LogP contribution in [0.5, 0.6) is 0 Å². The van der Waals surface area contributed by atoms with Gasteiger partial charge >= 0.3 is 6.03 Å². The van der Waals surface area contributed by atoms with E-state index in [1.54, 1.807) is 12.1 Å². The van der Waals surface area contributed by atoms with Crippen molar-refractivity contribution in [3.05, 3.63) is 75.8 Å². The number of halogens is 2. The summed E-state index contributed by atoms with van der Waals surface area (Å²) >= 11 is 12.0. The Bertz CT molecular complexity index is 1020. The average Bonchev–Trinajstić information content (AvgIpc) is 3.31. The Morgan fingerprint density at radius 2 is 1.93 bits per heavy atom. The quantitative estimate of drug-likeness (QED) is 0.610. The van der Waals surface area contributed by atoms with Gasteiger partial charge in [0.05, 0.1) is 12.6 Å². The van der Waals surface area contributed by atoms with E-state index in [9.17, 15) is 4.79 Å². The smallest absolute Gasteiger partial charge is 0.314 e. The summed E-state index contributed by atoms with van der Waals surface area (Å²) in [6, 6.07) is 14.6. The zero-order valence-electron chi connectivity index (χ0n) is 16.0. The second-order valence-electron chi connectivity index (χ2n) is 7.11. The number of nitrogens with zero attached hydrogens (tertiary/aromatic N) is 4. The van der Waals surface area contributed by atoms with Crippen molar-refractivity contribution in [2.24, 2.45) is 0 Å². The van der Waals surface area contributed by atoms with E-state index in [1.165, 1.54) is 0 Å². The zero-order valence-corrected chi connectivity index (χ0v) is 17.5. The lowest BCUT2D eigenvalue weighted by molar-refractivity contribution is 0.204. The van der Waals surface area contributed by atoms with E-state index >= 15 is 0 Å². The molecule has 0 aliphatic carbocycles. The third-order valence-electron chi connectivity index (χ3n) is 5.11. The van der Waals surface area contributed by atoms with Gasteiger partial charge in [-0.25, -0.2) is 4.79 Å². The predicted molar refractivity (Wildman–Crippen MR) is 114 cm³/mol. The summed E-state index contributed by atoms with van der Waals surface area (Å²) in [7, 11) is 0. The summed E-state index contributed by atoms with van der Waals surface area (Å²) in [5, 5.41) is 12.9. The van der Waals surface area contributed by atoms with Gasteiger partial charge in [-0.05, 0) is 55.7 Å². The van der Waals surface area contributed by atoms with Crippen LogP contribution in [0.15, 0.2) is 48.5 Å². The van der Waals surface area contributed by atoms with Gasteiger partial charge in [-0.3, -0.25) is 0 Å². The molecule has 1 saturated heterocycles. The molecule has 0 spiro atoms. The number of urea groups is 1. The van der Waals surface area contributed by atoms with E-state index in [1.807, 2.05) is 48.2 Å². The first-order valence-corrected chi connectivity index (χ1v) is 10.2. The van der Waals surface area contributed by atoms with Crippen LogP contribution in [0.2, 0.25) is 10.0 Å². The van der Waals surface area contributed by atoms with Crippen molar-refractivity contribution in [1.29, 1.82) is 0 Å². The molecule has 0 saturated carbocycles. The molecule has 3 aromatic rings. The predicted octanol–water partition coefficient (Wildman–Crippen LogP) is 5.31. The Morgan fingerprint density at radius 3 is 2.69 bits per heavy atom. The SMILES string of the molecule is Cc1nnc([C@H]2CCCN2C(=O)Nc2cccc(Cl)c2)n1Cc1ccc(Cl)cc1. The van der Waals surface area contributed by atoms with Gasteiger partial charge < -0.3 is 14.8 Å². The highest BCUT2D eigenvalue weighted by Crippen LogP contribution is 2.32. The second-order valence-corrected chi connectivity index (χ2v) is 7.98. The summed E-state index contributed by atoms with van der Waals surface area (Å²) in [6.07, 6.45) is 1.77. The Hall–Kier alpha value is -2.57. The van der Waals surface area contributed by atoms with Crippen molar-refractivity contribution >= 4 is 34.9 Å². The van der Waals surface area contributed by atoms with Crippen molar-refractivity contribution in [2.75, 3.05) is 11.9 Å². The highest BCUT2D eigenvalue weighted by molar-refractivity contribution is 6.31. The minimum absolute atomic E-state index is 0.123. The first-order valence-electron chi connectivity index (χ1n) is 9.48. The Labute approximate surface area is 179 Å². The van der Waals surface area contributed by atoms with Crippen LogP contribution in [0.1, 0.15) is 36.1 Å². The van der Waals surface area contributed by atoms with Crippen molar-refractivity contribution in [2.45, 2.75) is 32.4 Å². The average molecular weight is 430 g/mol. The lowest BCUT2D eigenvalue weighted by Crippen LogP contribution is -2.35. The summed E-state index contributed by atoms with van der Waals surface area (Å²) in [6.45, 7) is 3.23. The van der Waals surface area contributed by atoms with Crippen molar-refractivity contribution in [3.8, 4) is 0 Å². The summed E-state index contributed by atoms with van der Waals surface area (Å²) < 4.78 is 2.07. The maximum absolute atomic E-state index is 12.9. The van der Waals surface area contributed by atoms with E-state index in [4.69, 9.17) is 23.2 Å². The highest BCUT2D eigenvalue weighted by atomic mass is 35.5. The molecule has 1 atom stereocenters. The zero-order chi connectivity index (χ0) is 20.4. The third-order valence-corrected chi connectivity index (χ3v) is 5.59. The van der Waals surface area contributed by atoms with Gasteiger partial charge in [-0.2, -0.15) is 0 Å². The van der Waals surface area contributed by atoms with Crippen LogP contribution < -0.4 is 5.32 Å². The molecule has 6 nitrogen and oxygen atoms in total. The molecule has 8 heteroatoms. The van der Waals surface area contributed by atoms with Gasteiger partial charge in [0.2, 0.25) is 0 Å². The molecule has 1 N–H and O–H groups in total. The standard InChI is InChI=1S/C21H21Cl2N5O/c1-14-25-26-20(28(14)13-15-7-9-16(22)10-8-15)19-6-3-11-27(19)21(29)24-18-5-2-4-17(23)12-18/h2,4-5,7-10,12,19H,3,6,11,13H2,1H3,(H,24,29)/t19-/m1/s1. The van der Waals surface area contributed by atoms with E-state index in [0.29, 0.717) is 28.8 Å². The van der Waals surface area contributed by atoms with Crippen LogP contribution in [-0.4, -0.2) is 32.2 Å². The van der Waals surface area contributed by atoms with Crippen LogP contribution in [0.4, 0.5) is 10.5 Å². The first-order chi connectivity index (χ1) is 14.0. The Morgan fingerprint density at radius 1 is 1.14 bits per heavy atom. The molecule has 4 rings (SSSR count). The van der Waals surface area contributed by atoms with E-state index in [2.05, 4.69) is 20.1 Å². The number of rotatable bonds is 4. The molecule has 2 amide bonds. The summed E-state index contributed by atoms with van der Waals surface area (Å²) in [5.74, 6) is 1.62. The largest absolute Gasteiger partial charge is 0.322 e. The van der Waals surface area contributed by atoms with E-state index in [0.717, 1.165) is 30.1 Å². The number of likely N-dealkylation sites (tertiary alicyclic amines) is 1. The molecule has 1 aliphatic rings. The first kappa shape index (κ1) is 19.7.